The lowest BCUT2D eigenvalue weighted by atomic mass is 9.50. The first kappa shape index (κ1) is 12.5. The Kier molecular flexibility index (Phi) is 2.28. The van der Waals surface area contributed by atoms with Crippen molar-refractivity contribution in [3.63, 3.8) is 0 Å². The Labute approximate surface area is 124 Å². The average Bonchev–Trinajstić information content (AvgIpc) is 3.01. The lowest BCUT2D eigenvalue weighted by Gasteiger charge is -2.56. The molecule has 0 amide bonds. The number of fused-ring (bicyclic) bond motifs is 3. The summed E-state index contributed by atoms with van der Waals surface area (Å²) < 4.78 is 0. The van der Waals surface area contributed by atoms with E-state index in [1.807, 2.05) is 0 Å². The van der Waals surface area contributed by atoms with E-state index in [-0.39, 0.29) is 0 Å². The summed E-state index contributed by atoms with van der Waals surface area (Å²) in [6, 6.07) is 0.548. The normalized spacial score (nSPS) is 63.9. The van der Waals surface area contributed by atoms with Crippen LogP contribution in [0, 0.1) is 34.0 Å². The summed E-state index contributed by atoms with van der Waals surface area (Å²) in [5, 5.41) is 0. The van der Waals surface area contributed by atoms with Crippen LogP contribution in [0.25, 0.3) is 0 Å². The minimum atomic E-state index is 0.548. The molecule has 5 aliphatic carbocycles. The summed E-state index contributed by atoms with van der Waals surface area (Å²) in [6.45, 7) is 2.61. The Morgan fingerprint density at radius 2 is 1.65 bits per heavy atom. The van der Waals surface area contributed by atoms with Crippen LogP contribution < -0.4 is 5.73 Å². The van der Waals surface area contributed by atoms with Gasteiger partial charge in [-0.05, 0) is 85.4 Å². The Morgan fingerprint density at radius 1 is 0.850 bits per heavy atom. The lowest BCUT2D eigenvalue weighted by molar-refractivity contribution is -0.0591. The van der Waals surface area contributed by atoms with E-state index in [1.54, 1.807) is 6.42 Å². The molecule has 5 rings (SSSR count). The van der Waals surface area contributed by atoms with Crippen molar-refractivity contribution in [1.29, 1.82) is 0 Å². The highest BCUT2D eigenvalue weighted by molar-refractivity contribution is 5.27. The van der Waals surface area contributed by atoms with Gasteiger partial charge >= 0.3 is 0 Å². The third-order valence-electron chi connectivity index (χ3n) is 9.16. The molecule has 0 spiro atoms. The van der Waals surface area contributed by atoms with Crippen LogP contribution in [0.2, 0.25) is 0 Å². The van der Waals surface area contributed by atoms with Gasteiger partial charge in [-0.3, -0.25) is 0 Å². The first-order valence-corrected chi connectivity index (χ1v) is 9.37. The number of hydrogen-bond acceptors (Lipinski definition) is 1. The first-order valence-electron chi connectivity index (χ1n) is 9.37. The summed E-state index contributed by atoms with van der Waals surface area (Å²) in [7, 11) is 0. The molecule has 1 heteroatoms. The SMILES string of the molecule is C[C@@]12CCC[C@H]1[C@@H]1CC(N)[C@@]34CCCC[C@]3(C4)[C@H]1CC2. The molecule has 0 aliphatic heterocycles. The van der Waals surface area contributed by atoms with E-state index >= 15 is 0 Å². The molecule has 0 aromatic rings. The maximum atomic E-state index is 6.79. The molecule has 0 aromatic carbocycles. The van der Waals surface area contributed by atoms with Gasteiger partial charge in [0.25, 0.3) is 0 Å². The van der Waals surface area contributed by atoms with Crippen LogP contribution >= 0.6 is 0 Å². The molecule has 5 fully saturated rings. The van der Waals surface area contributed by atoms with Crippen molar-refractivity contribution in [2.45, 2.75) is 83.6 Å². The topological polar surface area (TPSA) is 26.0 Å². The fraction of sp³-hybridized carbons (Fsp3) is 1.00. The number of nitrogens with two attached hydrogens (primary N) is 1. The number of rotatable bonds is 0. The smallest absolute Gasteiger partial charge is 0.0104 e. The van der Waals surface area contributed by atoms with Gasteiger partial charge in [0.05, 0.1) is 0 Å². The van der Waals surface area contributed by atoms with Crippen LogP contribution in [0.5, 0.6) is 0 Å². The standard InChI is InChI=1S/C19H31N/c1-17-7-4-5-14(17)13-11-16(20)19-9-3-2-8-18(19,12-19)15(13)6-10-17/h13-16H,2-12,20H2,1H3/t13-,14-,15-,16?,17-,18-,19-/m0/s1. The highest BCUT2D eigenvalue weighted by Crippen LogP contribution is 2.82. The minimum Gasteiger partial charge on any atom is -0.327 e. The van der Waals surface area contributed by atoms with Crippen molar-refractivity contribution in [3.8, 4) is 0 Å². The Bertz CT molecular complexity index is 445. The van der Waals surface area contributed by atoms with Crippen LogP contribution in [0.15, 0.2) is 0 Å². The maximum absolute atomic E-state index is 6.79. The van der Waals surface area contributed by atoms with Crippen molar-refractivity contribution in [2.24, 2.45) is 39.7 Å². The van der Waals surface area contributed by atoms with Gasteiger partial charge in [0, 0.05) is 6.04 Å². The second-order valence-electron chi connectivity index (χ2n) is 9.50. The minimum absolute atomic E-state index is 0.548. The molecule has 1 nitrogen and oxygen atoms in total. The highest BCUT2D eigenvalue weighted by Gasteiger charge is 2.76. The second-order valence-corrected chi connectivity index (χ2v) is 9.50. The van der Waals surface area contributed by atoms with Gasteiger partial charge in [0.2, 0.25) is 0 Å². The van der Waals surface area contributed by atoms with Crippen molar-refractivity contribution < 1.29 is 0 Å². The van der Waals surface area contributed by atoms with Gasteiger partial charge in [-0.2, -0.15) is 0 Å². The third kappa shape index (κ3) is 1.22. The van der Waals surface area contributed by atoms with Gasteiger partial charge < -0.3 is 5.73 Å². The Morgan fingerprint density at radius 3 is 2.50 bits per heavy atom. The van der Waals surface area contributed by atoms with Gasteiger partial charge in [-0.1, -0.05) is 26.2 Å². The maximum Gasteiger partial charge on any atom is 0.0104 e. The van der Waals surface area contributed by atoms with Crippen LogP contribution in [-0.2, 0) is 0 Å². The van der Waals surface area contributed by atoms with E-state index in [4.69, 9.17) is 5.73 Å². The summed E-state index contributed by atoms with van der Waals surface area (Å²) >= 11 is 0. The molecule has 5 saturated carbocycles. The molecule has 2 N–H and O–H groups in total. The van der Waals surface area contributed by atoms with Gasteiger partial charge in [0.15, 0.2) is 0 Å². The molecule has 7 atom stereocenters. The zero-order chi connectivity index (χ0) is 13.6. The molecule has 0 radical (unpaired) electrons. The van der Waals surface area contributed by atoms with E-state index in [9.17, 15) is 0 Å². The summed E-state index contributed by atoms with van der Waals surface area (Å²) in [5.41, 5.74) is 8.85. The molecule has 20 heavy (non-hydrogen) atoms. The molecular formula is C19H31N. The van der Waals surface area contributed by atoms with Gasteiger partial charge in [0.1, 0.15) is 0 Å². The zero-order valence-electron chi connectivity index (χ0n) is 13.2. The van der Waals surface area contributed by atoms with Gasteiger partial charge in [-0.25, -0.2) is 0 Å². The van der Waals surface area contributed by atoms with Crippen LogP contribution in [0.4, 0.5) is 0 Å². The van der Waals surface area contributed by atoms with Crippen molar-refractivity contribution in [1.82, 2.24) is 0 Å². The zero-order valence-corrected chi connectivity index (χ0v) is 13.2. The Hall–Kier alpha value is -0.0400. The van der Waals surface area contributed by atoms with Gasteiger partial charge in [-0.15, -0.1) is 0 Å². The van der Waals surface area contributed by atoms with E-state index in [1.165, 1.54) is 64.2 Å². The lowest BCUT2D eigenvalue weighted by Crippen LogP contribution is -2.53. The molecule has 5 aliphatic rings. The molecule has 0 aromatic heterocycles. The fourth-order valence-electron chi connectivity index (χ4n) is 8.26. The summed E-state index contributed by atoms with van der Waals surface area (Å²) in [5.74, 6) is 3.10. The molecule has 1 unspecified atom stereocenters. The molecule has 0 heterocycles. The Balaban J connectivity index is 1.53. The van der Waals surface area contributed by atoms with E-state index in [0.717, 1.165) is 23.2 Å². The molecule has 112 valence electrons. The summed E-state index contributed by atoms with van der Waals surface area (Å²) in [6.07, 6.45) is 16.5. The monoisotopic (exact) mass is 273 g/mol. The van der Waals surface area contributed by atoms with Crippen LogP contribution in [0.1, 0.15) is 77.6 Å². The molecular weight excluding hydrogens is 242 g/mol. The molecule has 0 bridgehead atoms. The van der Waals surface area contributed by atoms with Crippen molar-refractivity contribution in [3.05, 3.63) is 0 Å². The highest BCUT2D eigenvalue weighted by atomic mass is 14.9. The first-order chi connectivity index (χ1) is 9.61. The predicted octanol–water partition coefficient (Wildman–Crippen LogP) is 4.50. The largest absolute Gasteiger partial charge is 0.327 e. The fourth-order valence-corrected chi connectivity index (χ4v) is 8.26. The quantitative estimate of drug-likeness (QED) is 0.691. The average molecular weight is 273 g/mol. The van der Waals surface area contributed by atoms with Crippen molar-refractivity contribution in [2.75, 3.05) is 0 Å². The van der Waals surface area contributed by atoms with Crippen LogP contribution in [-0.4, -0.2) is 6.04 Å². The third-order valence-corrected chi connectivity index (χ3v) is 9.16. The predicted molar refractivity (Wildman–Crippen MR) is 82.2 cm³/mol. The summed E-state index contributed by atoms with van der Waals surface area (Å²) in [4.78, 5) is 0. The van der Waals surface area contributed by atoms with Crippen molar-refractivity contribution >= 4 is 0 Å². The van der Waals surface area contributed by atoms with E-state index in [2.05, 4.69) is 6.92 Å². The van der Waals surface area contributed by atoms with E-state index < -0.39 is 0 Å². The van der Waals surface area contributed by atoms with Crippen LogP contribution in [0.3, 0.4) is 0 Å². The number of hydrogen-bond donors (Lipinski definition) is 1. The second kappa shape index (κ2) is 3.65. The molecule has 0 saturated heterocycles. The van der Waals surface area contributed by atoms with E-state index in [0.29, 0.717) is 16.9 Å².